The molecule has 1 aliphatic carbocycles. The predicted molar refractivity (Wildman–Crippen MR) is 66.7 cm³/mol. The molecular weight excluding hydrogens is 216 g/mol. The Morgan fingerprint density at radius 3 is 2.82 bits per heavy atom. The van der Waals surface area contributed by atoms with Crippen LogP contribution in [0.3, 0.4) is 0 Å². The number of hydrogen-bond donors (Lipinski definition) is 1. The van der Waals surface area contributed by atoms with Crippen molar-refractivity contribution in [3.05, 3.63) is 17.8 Å². The molecule has 0 unspecified atom stereocenters. The molecule has 0 aromatic carbocycles. The summed E-state index contributed by atoms with van der Waals surface area (Å²) in [5, 5.41) is 0. The average Bonchev–Trinajstić information content (AvgIpc) is 3.08. The van der Waals surface area contributed by atoms with E-state index in [1.54, 1.807) is 6.20 Å². The topological polar surface area (TPSA) is 67.7 Å². The van der Waals surface area contributed by atoms with E-state index in [2.05, 4.69) is 23.8 Å². The highest BCUT2D eigenvalue weighted by Crippen LogP contribution is 2.39. The molecule has 1 aromatic rings. The lowest BCUT2D eigenvalue weighted by atomic mass is 10.4. The van der Waals surface area contributed by atoms with Crippen LogP contribution in [0.5, 0.6) is 0 Å². The van der Waals surface area contributed by atoms with Gasteiger partial charge < -0.3 is 15.1 Å². The zero-order valence-corrected chi connectivity index (χ0v) is 10.5. The van der Waals surface area contributed by atoms with E-state index in [0.717, 1.165) is 24.7 Å². The highest BCUT2D eigenvalue weighted by molar-refractivity contribution is 5.77. The number of rotatable bonds is 5. The van der Waals surface area contributed by atoms with Crippen LogP contribution < -0.4 is 5.73 Å². The molecule has 1 aromatic heterocycles. The van der Waals surface area contributed by atoms with Gasteiger partial charge in [0.05, 0.1) is 6.20 Å². The van der Waals surface area contributed by atoms with Crippen molar-refractivity contribution in [3.63, 3.8) is 0 Å². The van der Waals surface area contributed by atoms with Crippen molar-refractivity contribution in [1.29, 1.82) is 0 Å². The van der Waals surface area contributed by atoms with Crippen LogP contribution in [0.15, 0.2) is 15.6 Å². The van der Waals surface area contributed by atoms with Crippen molar-refractivity contribution in [2.24, 2.45) is 10.7 Å². The van der Waals surface area contributed by atoms with Crippen LogP contribution >= 0.6 is 0 Å². The minimum absolute atomic E-state index is 0.474. The van der Waals surface area contributed by atoms with E-state index in [9.17, 15) is 0 Å². The lowest BCUT2D eigenvalue weighted by Crippen LogP contribution is -2.36. The second-order valence-electron chi connectivity index (χ2n) is 4.29. The molecular formula is C12H20N4O. The van der Waals surface area contributed by atoms with Gasteiger partial charge in [-0.1, -0.05) is 0 Å². The van der Waals surface area contributed by atoms with Gasteiger partial charge in [0, 0.05) is 19.0 Å². The maximum absolute atomic E-state index is 5.88. The van der Waals surface area contributed by atoms with Crippen molar-refractivity contribution in [3.8, 4) is 0 Å². The molecule has 0 amide bonds. The normalized spacial score (nSPS) is 16.2. The van der Waals surface area contributed by atoms with Crippen LogP contribution in [0.25, 0.3) is 0 Å². The highest BCUT2D eigenvalue weighted by Gasteiger charge is 2.28. The number of guanidine groups is 1. The van der Waals surface area contributed by atoms with Crippen LogP contribution in [0.1, 0.15) is 44.3 Å². The zero-order chi connectivity index (χ0) is 12.3. The summed E-state index contributed by atoms with van der Waals surface area (Å²) >= 11 is 0. The molecule has 0 bridgehead atoms. The molecule has 17 heavy (non-hydrogen) atoms. The number of aromatic nitrogens is 1. The smallest absolute Gasteiger partial charge is 0.197 e. The lowest BCUT2D eigenvalue weighted by molar-refractivity contribution is 0.444. The van der Waals surface area contributed by atoms with Crippen LogP contribution in [-0.2, 0) is 6.54 Å². The second kappa shape index (κ2) is 5.21. The molecule has 94 valence electrons. The van der Waals surface area contributed by atoms with E-state index in [1.165, 1.54) is 12.8 Å². The van der Waals surface area contributed by atoms with E-state index >= 15 is 0 Å². The first-order chi connectivity index (χ1) is 8.24. The van der Waals surface area contributed by atoms with E-state index in [0.29, 0.717) is 18.4 Å². The Labute approximate surface area is 102 Å². The lowest BCUT2D eigenvalue weighted by Gasteiger charge is -2.18. The monoisotopic (exact) mass is 236 g/mol. The first-order valence-electron chi connectivity index (χ1n) is 6.24. The van der Waals surface area contributed by atoms with Gasteiger partial charge in [0.2, 0.25) is 0 Å². The Hall–Kier alpha value is -1.52. The summed E-state index contributed by atoms with van der Waals surface area (Å²) < 4.78 is 5.61. The number of aliphatic imine (C=N–C) groups is 1. The molecule has 5 heteroatoms. The molecule has 0 radical (unpaired) electrons. The van der Waals surface area contributed by atoms with Gasteiger partial charge in [-0.3, -0.25) is 0 Å². The fraction of sp³-hybridized carbons (Fsp3) is 0.667. The Morgan fingerprint density at radius 2 is 2.24 bits per heavy atom. The molecule has 5 nitrogen and oxygen atoms in total. The van der Waals surface area contributed by atoms with E-state index < -0.39 is 0 Å². The molecule has 2 N–H and O–H groups in total. The molecule has 0 aliphatic heterocycles. The first kappa shape index (κ1) is 12.0. The SMILES string of the molecule is CCN(CC)C(N)=NCc1cnc(C2CC2)o1. The Morgan fingerprint density at radius 1 is 1.53 bits per heavy atom. The quantitative estimate of drug-likeness (QED) is 0.624. The Kier molecular flexibility index (Phi) is 3.66. The molecule has 1 aliphatic rings. The fourth-order valence-corrected chi connectivity index (χ4v) is 1.72. The number of nitrogens with zero attached hydrogens (tertiary/aromatic N) is 3. The molecule has 2 rings (SSSR count). The third-order valence-corrected chi connectivity index (χ3v) is 2.98. The largest absolute Gasteiger partial charge is 0.443 e. The standard InChI is InChI=1S/C12H20N4O/c1-3-16(4-2)12(13)15-8-10-7-14-11(17-10)9-5-6-9/h7,9H,3-6,8H2,1-2H3,(H2,13,15). The zero-order valence-electron chi connectivity index (χ0n) is 10.5. The van der Waals surface area contributed by atoms with Gasteiger partial charge in [-0.25, -0.2) is 9.98 Å². The number of nitrogens with two attached hydrogens (primary N) is 1. The van der Waals surface area contributed by atoms with Gasteiger partial charge in [-0.05, 0) is 26.7 Å². The van der Waals surface area contributed by atoms with E-state index in [4.69, 9.17) is 10.2 Å². The van der Waals surface area contributed by atoms with Gasteiger partial charge in [0.15, 0.2) is 11.9 Å². The predicted octanol–water partition coefficient (Wildman–Crippen LogP) is 1.71. The summed E-state index contributed by atoms with van der Waals surface area (Å²) in [6.07, 6.45) is 4.16. The minimum Gasteiger partial charge on any atom is -0.443 e. The summed E-state index contributed by atoms with van der Waals surface area (Å²) in [7, 11) is 0. The van der Waals surface area contributed by atoms with Gasteiger partial charge in [0.25, 0.3) is 0 Å². The third-order valence-electron chi connectivity index (χ3n) is 2.98. The summed E-state index contributed by atoms with van der Waals surface area (Å²) in [6, 6.07) is 0. The van der Waals surface area contributed by atoms with Crippen molar-refractivity contribution in [2.75, 3.05) is 13.1 Å². The number of hydrogen-bond acceptors (Lipinski definition) is 3. The van der Waals surface area contributed by atoms with Crippen LogP contribution in [-0.4, -0.2) is 28.9 Å². The number of oxazole rings is 1. The molecule has 1 saturated carbocycles. The van der Waals surface area contributed by atoms with Crippen molar-refractivity contribution < 1.29 is 4.42 Å². The Bertz CT molecular complexity index is 391. The maximum Gasteiger partial charge on any atom is 0.197 e. The molecule has 0 saturated heterocycles. The summed E-state index contributed by atoms with van der Waals surface area (Å²) in [6.45, 7) is 6.34. The minimum atomic E-state index is 0.474. The maximum atomic E-state index is 5.88. The van der Waals surface area contributed by atoms with E-state index in [-0.39, 0.29) is 0 Å². The molecule has 0 spiro atoms. The molecule has 1 fully saturated rings. The van der Waals surface area contributed by atoms with Crippen LogP contribution in [0, 0.1) is 0 Å². The summed E-state index contributed by atoms with van der Waals surface area (Å²) in [5.41, 5.74) is 5.88. The summed E-state index contributed by atoms with van der Waals surface area (Å²) in [5.74, 6) is 2.77. The van der Waals surface area contributed by atoms with Gasteiger partial charge in [-0.15, -0.1) is 0 Å². The fourth-order valence-electron chi connectivity index (χ4n) is 1.72. The third kappa shape index (κ3) is 2.99. The van der Waals surface area contributed by atoms with Crippen molar-refractivity contribution in [2.45, 2.75) is 39.2 Å². The van der Waals surface area contributed by atoms with Crippen molar-refractivity contribution in [1.82, 2.24) is 9.88 Å². The van der Waals surface area contributed by atoms with Crippen LogP contribution in [0.4, 0.5) is 0 Å². The summed E-state index contributed by atoms with van der Waals surface area (Å²) in [4.78, 5) is 10.6. The van der Waals surface area contributed by atoms with Gasteiger partial charge in [-0.2, -0.15) is 0 Å². The first-order valence-corrected chi connectivity index (χ1v) is 6.24. The molecule has 1 heterocycles. The van der Waals surface area contributed by atoms with Crippen LogP contribution in [0.2, 0.25) is 0 Å². The van der Waals surface area contributed by atoms with Crippen molar-refractivity contribution >= 4 is 5.96 Å². The van der Waals surface area contributed by atoms with E-state index in [1.807, 2.05) is 4.90 Å². The second-order valence-corrected chi connectivity index (χ2v) is 4.29. The van der Waals surface area contributed by atoms with Gasteiger partial charge in [0.1, 0.15) is 12.3 Å². The molecule has 0 atom stereocenters. The Balaban J connectivity index is 1.92. The average molecular weight is 236 g/mol. The van der Waals surface area contributed by atoms with Gasteiger partial charge >= 0.3 is 0 Å². The highest BCUT2D eigenvalue weighted by atomic mass is 16.4.